The summed E-state index contributed by atoms with van der Waals surface area (Å²) >= 11 is 1.50. The highest BCUT2D eigenvalue weighted by molar-refractivity contribution is 7.99. The first-order valence-corrected chi connectivity index (χ1v) is 11.8. The van der Waals surface area contributed by atoms with Crippen molar-refractivity contribution in [3.8, 4) is 0 Å². The molecule has 8 heteroatoms. The Morgan fingerprint density at radius 2 is 1.50 bits per heavy atom. The molecule has 30 heavy (non-hydrogen) atoms. The fourth-order valence-electron chi connectivity index (χ4n) is 2.59. The largest absolute Gasteiger partial charge is 0.325 e. The van der Waals surface area contributed by atoms with Crippen LogP contribution in [-0.2, 0) is 20.6 Å². The molecule has 0 fully saturated rings. The van der Waals surface area contributed by atoms with E-state index >= 15 is 0 Å². The van der Waals surface area contributed by atoms with Crippen LogP contribution in [0.1, 0.15) is 11.1 Å². The smallest absolute Gasteiger partial charge is 0.261 e. The van der Waals surface area contributed by atoms with Crippen LogP contribution in [0.2, 0.25) is 0 Å². The molecule has 0 aliphatic heterocycles. The average Bonchev–Trinajstić information content (AvgIpc) is 2.71. The van der Waals surface area contributed by atoms with Crippen LogP contribution in [0, 0.1) is 12.7 Å². The van der Waals surface area contributed by atoms with Crippen LogP contribution in [-0.4, -0.2) is 20.1 Å². The summed E-state index contributed by atoms with van der Waals surface area (Å²) in [5, 5.41) is 2.76. The molecular weight excluding hydrogens is 423 g/mol. The van der Waals surface area contributed by atoms with Gasteiger partial charge in [-0.1, -0.05) is 29.8 Å². The van der Waals surface area contributed by atoms with Crippen molar-refractivity contribution in [3.63, 3.8) is 0 Å². The Bertz CT molecular complexity index is 1100. The van der Waals surface area contributed by atoms with Gasteiger partial charge in [-0.15, -0.1) is 11.8 Å². The van der Waals surface area contributed by atoms with Crippen molar-refractivity contribution in [2.24, 2.45) is 0 Å². The number of thioether (sulfide) groups is 1. The number of carbonyl (C=O) groups is 1. The number of halogens is 1. The Kier molecular flexibility index (Phi) is 7.12. The highest BCUT2D eigenvalue weighted by Gasteiger charge is 2.14. The maximum atomic E-state index is 13.0. The lowest BCUT2D eigenvalue weighted by molar-refractivity contribution is -0.113. The molecule has 0 saturated heterocycles. The maximum Gasteiger partial charge on any atom is 0.261 e. The summed E-state index contributed by atoms with van der Waals surface area (Å²) in [5.74, 6) is 0.419. The minimum Gasteiger partial charge on any atom is -0.325 e. The van der Waals surface area contributed by atoms with Crippen molar-refractivity contribution in [2.75, 3.05) is 15.8 Å². The van der Waals surface area contributed by atoms with Gasteiger partial charge in [-0.3, -0.25) is 9.52 Å². The lowest BCUT2D eigenvalue weighted by Gasteiger charge is -2.09. The average molecular weight is 445 g/mol. The molecule has 3 rings (SSSR count). The molecular formula is C22H21FN2O3S2. The second-order valence-electron chi connectivity index (χ2n) is 6.66. The number of anilines is 2. The van der Waals surface area contributed by atoms with E-state index in [0.717, 1.165) is 11.3 Å². The second-order valence-corrected chi connectivity index (χ2v) is 9.33. The van der Waals surface area contributed by atoms with Gasteiger partial charge in [-0.05, 0) is 61.0 Å². The van der Waals surface area contributed by atoms with E-state index in [1.165, 1.54) is 65.9 Å². The van der Waals surface area contributed by atoms with Crippen LogP contribution in [0.25, 0.3) is 0 Å². The SMILES string of the molecule is Cc1ccc(CSCC(=O)Nc2ccc(S(=O)(=O)Nc3ccc(F)cc3)cc2)cc1. The van der Waals surface area contributed by atoms with Gasteiger partial charge in [0.15, 0.2) is 0 Å². The first kappa shape index (κ1) is 21.9. The summed E-state index contributed by atoms with van der Waals surface area (Å²) in [6.45, 7) is 2.03. The van der Waals surface area contributed by atoms with Crippen LogP contribution in [0.15, 0.2) is 77.7 Å². The molecule has 0 radical (unpaired) electrons. The molecule has 0 aliphatic rings. The number of nitrogens with one attached hydrogen (secondary N) is 2. The van der Waals surface area contributed by atoms with E-state index in [2.05, 4.69) is 10.0 Å². The monoisotopic (exact) mass is 444 g/mol. The zero-order chi connectivity index (χ0) is 21.6. The topological polar surface area (TPSA) is 75.3 Å². The van der Waals surface area contributed by atoms with Crippen molar-refractivity contribution in [3.05, 3.63) is 89.7 Å². The number of aryl methyl sites for hydroxylation is 1. The fraction of sp³-hybridized carbons (Fsp3) is 0.136. The van der Waals surface area contributed by atoms with Crippen LogP contribution < -0.4 is 10.0 Å². The Balaban J connectivity index is 1.52. The highest BCUT2D eigenvalue weighted by atomic mass is 32.2. The van der Waals surface area contributed by atoms with Gasteiger partial charge in [0.25, 0.3) is 10.0 Å². The molecule has 0 saturated carbocycles. The molecule has 0 atom stereocenters. The van der Waals surface area contributed by atoms with Crippen molar-refractivity contribution >= 4 is 39.1 Å². The lowest BCUT2D eigenvalue weighted by atomic mass is 10.2. The summed E-state index contributed by atoms with van der Waals surface area (Å²) in [6, 6.07) is 19.1. The molecule has 1 amide bonds. The van der Waals surface area contributed by atoms with Gasteiger partial charge in [-0.25, -0.2) is 12.8 Å². The van der Waals surface area contributed by atoms with Gasteiger partial charge in [-0.2, -0.15) is 0 Å². The van der Waals surface area contributed by atoms with E-state index < -0.39 is 15.8 Å². The Morgan fingerprint density at radius 1 is 0.900 bits per heavy atom. The van der Waals surface area contributed by atoms with E-state index in [9.17, 15) is 17.6 Å². The van der Waals surface area contributed by atoms with Gasteiger partial charge < -0.3 is 5.32 Å². The van der Waals surface area contributed by atoms with E-state index in [1.54, 1.807) is 0 Å². The minimum absolute atomic E-state index is 0.0403. The van der Waals surface area contributed by atoms with E-state index in [0.29, 0.717) is 11.4 Å². The van der Waals surface area contributed by atoms with Crippen LogP contribution >= 0.6 is 11.8 Å². The number of amides is 1. The van der Waals surface area contributed by atoms with Crippen LogP contribution in [0.5, 0.6) is 0 Å². The summed E-state index contributed by atoms with van der Waals surface area (Å²) in [5.41, 5.74) is 3.12. The van der Waals surface area contributed by atoms with Crippen LogP contribution in [0.4, 0.5) is 15.8 Å². The molecule has 0 unspecified atom stereocenters. The molecule has 3 aromatic carbocycles. The van der Waals surface area contributed by atoms with E-state index in [4.69, 9.17) is 0 Å². The third-order valence-corrected chi connectivity index (χ3v) is 6.57. The van der Waals surface area contributed by atoms with Gasteiger partial charge in [0.05, 0.1) is 10.6 Å². The Labute approximate surface area is 179 Å². The first-order chi connectivity index (χ1) is 14.3. The van der Waals surface area contributed by atoms with Crippen molar-refractivity contribution in [1.29, 1.82) is 0 Å². The highest BCUT2D eigenvalue weighted by Crippen LogP contribution is 2.19. The Morgan fingerprint density at radius 3 is 2.13 bits per heavy atom. The van der Waals surface area contributed by atoms with E-state index in [-0.39, 0.29) is 16.5 Å². The first-order valence-electron chi connectivity index (χ1n) is 9.13. The number of carbonyl (C=O) groups excluding carboxylic acids is 1. The molecule has 2 N–H and O–H groups in total. The summed E-state index contributed by atoms with van der Waals surface area (Å²) in [6.07, 6.45) is 0. The van der Waals surface area contributed by atoms with Crippen molar-refractivity contribution in [2.45, 2.75) is 17.6 Å². The predicted molar refractivity (Wildman–Crippen MR) is 120 cm³/mol. The lowest BCUT2D eigenvalue weighted by Crippen LogP contribution is -2.15. The van der Waals surface area contributed by atoms with Gasteiger partial charge >= 0.3 is 0 Å². The zero-order valence-corrected chi connectivity index (χ0v) is 17.9. The van der Waals surface area contributed by atoms with Crippen molar-refractivity contribution < 1.29 is 17.6 Å². The summed E-state index contributed by atoms with van der Waals surface area (Å²) < 4.78 is 40.2. The number of rotatable bonds is 8. The zero-order valence-electron chi connectivity index (χ0n) is 16.3. The molecule has 5 nitrogen and oxygen atoms in total. The van der Waals surface area contributed by atoms with Gasteiger partial charge in [0.1, 0.15) is 5.82 Å². The molecule has 156 valence electrons. The fourth-order valence-corrected chi connectivity index (χ4v) is 4.44. The maximum absolute atomic E-state index is 13.0. The normalized spacial score (nSPS) is 11.1. The molecule has 0 spiro atoms. The third kappa shape index (κ3) is 6.33. The summed E-state index contributed by atoms with van der Waals surface area (Å²) in [4.78, 5) is 12.2. The van der Waals surface area contributed by atoms with Gasteiger partial charge in [0, 0.05) is 17.1 Å². The number of benzene rings is 3. The Hall–Kier alpha value is -2.84. The molecule has 0 aliphatic carbocycles. The quantitative estimate of drug-likeness (QED) is 0.523. The minimum atomic E-state index is -3.81. The molecule has 0 aromatic heterocycles. The number of hydrogen-bond acceptors (Lipinski definition) is 4. The molecule has 0 heterocycles. The standard InChI is InChI=1S/C22H21FN2O3S2/c1-16-2-4-17(5-3-16)14-29-15-22(26)24-19-10-12-21(13-11-19)30(27,28)25-20-8-6-18(23)7-9-20/h2-13,25H,14-15H2,1H3,(H,24,26). The molecule has 0 bridgehead atoms. The number of hydrogen-bond donors (Lipinski definition) is 2. The number of sulfonamides is 1. The van der Waals surface area contributed by atoms with Crippen LogP contribution in [0.3, 0.4) is 0 Å². The predicted octanol–water partition coefficient (Wildman–Crippen LogP) is 4.81. The summed E-state index contributed by atoms with van der Waals surface area (Å²) in [7, 11) is -3.81. The van der Waals surface area contributed by atoms with E-state index in [1.807, 2.05) is 31.2 Å². The van der Waals surface area contributed by atoms with Crippen molar-refractivity contribution in [1.82, 2.24) is 0 Å². The van der Waals surface area contributed by atoms with Gasteiger partial charge in [0.2, 0.25) is 5.91 Å². The second kappa shape index (κ2) is 9.77. The third-order valence-electron chi connectivity index (χ3n) is 4.17. The molecule has 3 aromatic rings.